The molecule has 2 N–H and O–H groups in total. The lowest BCUT2D eigenvalue weighted by molar-refractivity contribution is -0.145. The maximum Gasteiger partial charge on any atom is 0.230 e. The van der Waals surface area contributed by atoms with Crippen LogP contribution in [0.5, 0.6) is 0 Å². The molecule has 0 aromatic heterocycles. The largest absolute Gasteiger partial charge is 0.383 e. The van der Waals surface area contributed by atoms with Crippen molar-refractivity contribution in [3.8, 4) is 0 Å². The average Bonchev–Trinajstić information content (AvgIpc) is 3.24. The molecule has 104 valence electrons. The van der Waals surface area contributed by atoms with Crippen molar-refractivity contribution in [3.05, 3.63) is 0 Å². The Labute approximate surface area is 110 Å². The van der Waals surface area contributed by atoms with Gasteiger partial charge in [-0.05, 0) is 25.7 Å². The van der Waals surface area contributed by atoms with Crippen LogP contribution in [0.1, 0.15) is 44.9 Å². The third-order valence-electron chi connectivity index (χ3n) is 4.44. The van der Waals surface area contributed by atoms with Crippen LogP contribution < -0.4 is 5.73 Å². The Hall–Kier alpha value is -0.610. The Kier molecular flexibility index (Phi) is 4.62. The molecule has 0 bridgehead atoms. The average molecular weight is 254 g/mol. The summed E-state index contributed by atoms with van der Waals surface area (Å²) >= 11 is 0. The van der Waals surface area contributed by atoms with Crippen molar-refractivity contribution in [2.24, 2.45) is 11.1 Å². The number of rotatable bonds is 6. The van der Waals surface area contributed by atoms with Crippen molar-refractivity contribution >= 4 is 5.91 Å². The number of hydrogen-bond donors (Lipinski definition) is 1. The van der Waals surface area contributed by atoms with Gasteiger partial charge in [-0.3, -0.25) is 4.79 Å². The standard InChI is InChI=1S/C14H26N2O2/c1-18-10-9-16(12-5-6-12)13(17)14(11-15)7-3-2-4-8-14/h12H,2-11,15H2,1H3. The molecule has 4 nitrogen and oxygen atoms in total. The fraction of sp³-hybridized carbons (Fsp3) is 0.929. The van der Waals surface area contributed by atoms with Gasteiger partial charge in [0, 0.05) is 26.2 Å². The fourth-order valence-corrected chi connectivity index (χ4v) is 3.06. The van der Waals surface area contributed by atoms with Gasteiger partial charge < -0.3 is 15.4 Å². The smallest absolute Gasteiger partial charge is 0.230 e. The van der Waals surface area contributed by atoms with Gasteiger partial charge >= 0.3 is 0 Å². The highest BCUT2D eigenvalue weighted by Gasteiger charge is 2.44. The number of methoxy groups -OCH3 is 1. The van der Waals surface area contributed by atoms with E-state index in [0.29, 0.717) is 25.1 Å². The maximum absolute atomic E-state index is 12.8. The molecule has 0 unspecified atom stereocenters. The van der Waals surface area contributed by atoms with E-state index in [2.05, 4.69) is 0 Å². The zero-order valence-corrected chi connectivity index (χ0v) is 11.5. The second-order valence-electron chi connectivity index (χ2n) is 5.77. The van der Waals surface area contributed by atoms with E-state index in [9.17, 15) is 4.79 Å². The molecule has 0 aromatic rings. The van der Waals surface area contributed by atoms with Crippen LogP contribution in [0.25, 0.3) is 0 Å². The number of amides is 1. The molecule has 0 aromatic carbocycles. The number of nitrogens with two attached hydrogens (primary N) is 1. The predicted molar refractivity (Wildman–Crippen MR) is 71.2 cm³/mol. The van der Waals surface area contributed by atoms with Crippen LogP contribution in [0.4, 0.5) is 0 Å². The van der Waals surface area contributed by atoms with E-state index in [1.807, 2.05) is 4.90 Å². The molecular weight excluding hydrogens is 228 g/mol. The molecule has 0 saturated heterocycles. The molecule has 4 heteroatoms. The van der Waals surface area contributed by atoms with Crippen LogP contribution >= 0.6 is 0 Å². The predicted octanol–water partition coefficient (Wildman–Crippen LogP) is 1.53. The minimum atomic E-state index is -0.269. The molecule has 0 spiro atoms. The molecule has 0 radical (unpaired) electrons. The van der Waals surface area contributed by atoms with Crippen molar-refractivity contribution in [2.75, 3.05) is 26.8 Å². The van der Waals surface area contributed by atoms with E-state index in [-0.39, 0.29) is 5.41 Å². The quantitative estimate of drug-likeness (QED) is 0.782. The molecular formula is C14H26N2O2. The Bertz CT molecular complexity index is 284. The summed E-state index contributed by atoms with van der Waals surface area (Å²) in [5.74, 6) is 0.296. The Morgan fingerprint density at radius 3 is 2.50 bits per heavy atom. The molecule has 18 heavy (non-hydrogen) atoms. The Morgan fingerprint density at radius 2 is 2.00 bits per heavy atom. The summed E-state index contributed by atoms with van der Waals surface area (Å²) in [5.41, 5.74) is 5.68. The summed E-state index contributed by atoms with van der Waals surface area (Å²) in [6.07, 6.45) is 7.78. The van der Waals surface area contributed by atoms with Crippen LogP contribution in [0.3, 0.4) is 0 Å². The lowest BCUT2D eigenvalue weighted by Crippen LogP contribution is -2.50. The number of carbonyl (C=O) groups excluding carboxylic acids is 1. The van der Waals surface area contributed by atoms with E-state index < -0.39 is 0 Å². The van der Waals surface area contributed by atoms with Gasteiger partial charge in [0.2, 0.25) is 5.91 Å². The van der Waals surface area contributed by atoms with Gasteiger partial charge in [0.15, 0.2) is 0 Å². The Morgan fingerprint density at radius 1 is 1.33 bits per heavy atom. The molecule has 0 aliphatic heterocycles. The lowest BCUT2D eigenvalue weighted by Gasteiger charge is -2.39. The first-order valence-electron chi connectivity index (χ1n) is 7.23. The molecule has 2 saturated carbocycles. The highest BCUT2D eigenvalue weighted by Crippen LogP contribution is 2.39. The molecule has 0 heterocycles. The number of ether oxygens (including phenoxy) is 1. The first kappa shape index (κ1) is 13.8. The molecule has 0 atom stereocenters. The summed E-state index contributed by atoms with van der Waals surface area (Å²) < 4.78 is 5.13. The summed E-state index contributed by atoms with van der Waals surface area (Å²) in [7, 11) is 1.69. The van der Waals surface area contributed by atoms with Crippen LogP contribution in [0, 0.1) is 5.41 Å². The minimum absolute atomic E-state index is 0.269. The maximum atomic E-state index is 12.8. The lowest BCUT2D eigenvalue weighted by atomic mass is 9.73. The van der Waals surface area contributed by atoms with Gasteiger partial charge in [-0.15, -0.1) is 0 Å². The first-order chi connectivity index (χ1) is 8.73. The summed E-state index contributed by atoms with van der Waals surface area (Å²) in [6, 6.07) is 0.456. The van der Waals surface area contributed by atoms with Crippen LogP contribution in [-0.2, 0) is 9.53 Å². The SMILES string of the molecule is COCCN(C(=O)C1(CN)CCCCC1)C1CC1. The van der Waals surface area contributed by atoms with Gasteiger partial charge in [-0.25, -0.2) is 0 Å². The van der Waals surface area contributed by atoms with Crippen molar-refractivity contribution in [1.29, 1.82) is 0 Å². The van der Waals surface area contributed by atoms with Crippen molar-refractivity contribution in [1.82, 2.24) is 4.90 Å². The van der Waals surface area contributed by atoms with E-state index in [0.717, 1.165) is 45.1 Å². The molecule has 2 fully saturated rings. The van der Waals surface area contributed by atoms with Crippen LogP contribution in [0.15, 0.2) is 0 Å². The monoisotopic (exact) mass is 254 g/mol. The van der Waals surface area contributed by atoms with Gasteiger partial charge in [-0.1, -0.05) is 19.3 Å². The summed E-state index contributed by atoms with van der Waals surface area (Å²) in [6.45, 7) is 1.85. The third kappa shape index (κ3) is 2.86. The summed E-state index contributed by atoms with van der Waals surface area (Å²) in [5, 5.41) is 0. The highest BCUT2D eigenvalue weighted by molar-refractivity contribution is 5.83. The van der Waals surface area contributed by atoms with Crippen LogP contribution in [0.2, 0.25) is 0 Å². The molecule has 1 amide bonds. The van der Waals surface area contributed by atoms with Crippen molar-refractivity contribution < 1.29 is 9.53 Å². The van der Waals surface area contributed by atoms with Crippen LogP contribution in [-0.4, -0.2) is 43.7 Å². The molecule has 2 rings (SSSR count). The van der Waals surface area contributed by atoms with Gasteiger partial charge in [-0.2, -0.15) is 0 Å². The van der Waals surface area contributed by atoms with E-state index in [1.54, 1.807) is 7.11 Å². The second kappa shape index (κ2) is 6.02. The third-order valence-corrected chi connectivity index (χ3v) is 4.44. The van der Waals surface area contributed by atoms with Crippen molar-refractivity contribution in [2.45, 2.75) is 51.0 Å². The van der Waals surface area contributed by atoms with E-state index in [1.165, 1.54) is 6.42 Å². The zero-order chi connectivity index (χ0) is 13.0. The van der Waals surface area contributed by atoms with E-state index >= 15 is 0 Å². The number of nitrogens with zero attached hydrogens (tertiary/aromatic N) is 1. The van der Waals surface area contributed by atoms with Gasteiger partial charge in [0.25, 0.3) is 0 Å². The second-order valence-corrected chi connectivity index (χ2v) is 5.77. The van der Waals surface area contributed by atoms with E-state index in [4.69, 9.17) is 10.5 Å². The summed E-state index contributed by atoms with van der Waals surface area (Å²) in [4.78, 5) is 14.9. The van der Waals surface area contributed by atoms with Gasteiger partial charge in [0.1, 0.15) is 0 Å². The topological polar surface area (TPSA) is 55.6 Å². The number of carbonyl (C=O) groups is 1. The zero-order valence-electron chi connectivity index (χ0n) is 11.5. The Balaban J connectivity index is 2.04. The number of hydrogen-bond acceptors (Lipinski definition) is 3. The van der Waals surface area contributed by atoms with Gasteiger partial charge in [0.05, 0.1) is 12.0 Å². The minimum Gasteiger partial charge on any atom is -0.383 e. The normalized spacial score (nSPS) is 22.8. The fourth-order valence-electron chi connectivity index (χ4n) is 3.06. The highest BCUT2D eigenvalue weighted by atomic mass is 16.5. The molecule has 2 aliphatic carbocycles. The molecule has 2 aliphatic rings. The van der Waals surface area contributed by atoms with Crippen molar-refractivity contribution in [3.63, 3.8) is 0 Å². The first-order valence-corrected chi connectivity index (χ1v) is 7.23.